The topological polar surface area (TPSA) is 111 Å². The summed E-state index contributed by atoms with van der Waals surface area (Å²) in [5.41, 5.74) is 16.8. The Morgan fingerprint density at radius 2 is 0.661 bits per heavy atom. The predicted molar refractivity (Wildman–Crippen MR) is 486 cm³/mol. The molecule has 608 valence electrons. The standard InChI is InChI=1S/C55H58O6SSi.C46H47IO6SSi/c1-5-39-27-18-28-44(29-39)30-47-46-32-48-45(31-50(46)62-54(47)63(2,3)4)37-60-55(48)53(59-36-43-25-16-9-17-26-43)52(58-35-42-23-14-8-15-24-42)51(57-34-41-21-12-7-13-22-41)49(61-55)38-56-33-40-19-10-6-11-20-40;1-55(2,3)45-41(47)37-25-38-36(24-40(37)54-45)30-52-46(38)44(51-29-35-22-14-7-15-23-35)43(50-28-34-20-12-6-13-21-34)42(49-27-33-18-10-5-11-19-33)39(53-46)31-48-26-32-16-8-4-9-17-32/h6-29,31-32,49,51-53H,5,30,33-38H2,1-4H3;4-25,39,42-44H,26-31H2,1-3H3/t49-,51-,52+,53-,55+;39-,42-,43+,44-,46+/m11/s1. The first-order valence-electron chi connectivity index (χ1n) is 41.3. The van der Waals surface area contributed by atoms with Crippen LogP contribution < -0.4 is 9.00 Å². The van der Waals surface area contributed by atoms with Crippen LogP contribution in [0.3, 0.4) is 0 Å². The quantitative estimate of drug-likeness (QED) is 0.0305. The molecule has 11 aromatic carbocycles. The summed E-state index contributed by atoms with van der Waals surface area (Å²) < 4.78 is 91.5. The summed E-state index contributed by atoms with van der Waals surface area (Å²) in [4.78, 5) is 0. The Kier molecular flexibility index (Phi) is 27.2. The Morgan fingerprint density at radius 1 is 0.347 bits per heavy atom. The Balaban J connectivity index is 0.000000178. The van der Waals surface area contributed by atoms with Crippen LogP contribution in [-0.2, 0) is 147 Å². The van der Waals surface area contributed by atoms with Gasteiger partial charge in [0.2, 0.25) is 11.6 Å². The van der Waals surface area contributed by atoms with E-state index in [1.807, 2.05) is 168 Å². The maximum Gasteiger partial charge on any atom is 0.226 e. The van der Waals surface area contributed by atoms with Gasteiger partial charge in [-0.25, -0.2) is 0 Å². The number of rotatable bonds is 31. The molecule has 6 heterocycles. The lowest BCUT2D eigenvalue weighted by Gasteiger charge is -2.51. The Morgan fingerprint density at radius 3 is 1.03 bits per heavy atom. The van der Waals surface area contributed by atoms with Gasteiger partial charge >= 0.3 is 0 Å². The van der Waals surface area contributed by atoms with E-state index in [1.54, 1.807) is 0 Å². The first kappa shape index (κ1) is 83.7. The smallest absolute Gasteiger partial charge is 0.226 e. The summed E-state index contributed by atoms with van der Waals surface area (Å²) in [7, 11) is -3.33. The van der Waals surface area contributed by atoms with Gasteiger partial charge in [-0.2, -0.15) is 0 Å². The summed E-state index contributed by atoms with van der Waals surface area (Å²) in [5.74, 6) is -2.61. The molecule has 2 saturated heterocycles. The van der Waals surface area contributed by atoms with E-state index in [0.717, 1.165) is 79.6 Å². The lowest BCUT2D eigenvalue weighted by atomic mass is 9.86. The van der Waals surface area contributed by atoms with Gasteiger partial charge in [0.05, 0.1) is 95.4 Å². The summed E-state index contributed by atoms with van der Waals surface area (Å²) in [6.45, 7) is 21.2. The minimum atomic E-state index is -1.75. The van der Waals surface area contributed by atoms with E-state index in [4.69, 9.17) is 56.8 Å². The van der Waals surface area contributed by atoms with E-state index in [9.17, 15) is 0 Å². The molecule has 0 saturated carbocycles. The maximum absolute atomic E-state index is 7.53. The second-order valence-electron chi connectivity index (χ2n) is 33.2. The third-order valence-corrected chi connectivity index (χ3v) is 34.0. The molecule has 0 aliphatic carbocycles. The van der Waals surface area contributed by atoms with Crippen molar-refractivity contribution in [2.75, 3.05) is 13.2 Å². The van der Waals surface area contributed by atoms with Gasteiger partial charge in [-0.05, 0) is 142 Å². The average molecular weight is 1760 g/mol. The molecular weight excluding hydrogens is 1650 g/mol. The molecule has 0 unspecified atom stereocenters. The summed E-state index contributed by atoms with van der Waals surface area (Å²) in [6.07, 6.45) is -2.99. The zero-order valence-corrected chi connectivity index (χ0v) is 74.1. The molecule has 0 N–H and O–H groups in total. The van der Waals surface area contributed by atoms with Gasteiger partial charge in [-0.3, -0.25) is 0 Å². The van der Waals surface area contributed by atoms with Crippen LogP contribution in [0.2, 0.25) is 39.3 Å². The van der Waals surface area contributed by atoms with E-state index in [2.05, 4.69) is 214 Å². The number of halogens is 1. The summed E-state index contributed by atoms with van der Waals surface area (Å²) >= 11 is 6.43. The number of fused-ring (bicyclic) bond motifs is 6. The average Bonchev–Trinajstić information content (AvgIpc) is 1.54. The van der Waals surface area contributed by atoms with Gasteiger partial charge < -0.3 is 56.8 Å². The molecule has 12 nitrogen and oxygen atoms in total. The predicted octanol–water partition coefficient (Wildman–Crippen LogP) is 21.8. The van der Waals surface area contributed by atoms with Crippen molar-refractivity contribution in [3.63, 3.8) is 0 Å². The molecule has 0 radical (unpaired) electrons. The number of benzene rings is 11. The fraction of sp³-hybridized carbons (Fsp3) is 0.307. The van der Waals surface area contributed by atoms with Crippen molar-refractivity contribution < 1.29 is 56.8 Å². The highest BCUT2D eigenvalue weighted by Crippen LogP contribution is 2.53. The molecule has 0 bridgehead atoms. The van der Waals surface area contributed by atoms with E-state index in [0.29, 0.717) is 66.1 Å². The number of ether oxygens (including phenoxy) is 12. The fourth-order valence-corrected chi connectivity index (χ4v) is 26.9. The van der Waals surface area contributed by atoms with E-state index >= 15 is 0 Å². The largest absolute Gasteiger partial charge is 0.374 e. The molecule has 2 aromatic heterocycles. The second-order valence-corrected chi connectivity index (χ2v) is 47.1. The number of aryl methyl sites for hydroxylation is 1. The molecule has 4 aliphatic heterocycles. The minimum absolute atomic E-state index is 0.255. The molecule has 0 amide bonds. The first-order chi connectivity index (χ1) is 57.6. The highest BCUT2D eigenvalue weighted by Gasteiger charge is 2.63. The van der Waals surface area contributed by atoms with Crippen LogP contribution in [0.1, 0.15) is 90.4 Å². The first-order valence-corrected chi connectivity index (χ1v) is 51.0. The van der Waals surface area contributed by atoms with Crippen molar-refractivity contribution in [1.29, 1.82) is 0 Å². The van der Waals surface area contributed by atoms with E-state index in [-0.39, 0.29) is 13.2 Å². The van der Waals surface area contributed by atoms with Crippen molar-refractivity contribution in [2.24, 2.45) is 0 Å². The van der Waals surface area contributed by atoms with E-state index in [1.165, 1.54) is 49.4 Å². The van der Waals surface area contributed by atoms with Crippen molar-refractivity contribution in [3.05, 3.63) is 378 Å². The SMILES string of the molecule is CCc1cccc(Cc2c([Si](C)(C)C)sc3cc4c(cc23)[C@]2(OC4)O[C@H](COCc3ccccc3)[C@@H](OCc3ccccc3)[C@H](OCc3ccccc3)[C@H]2OCc2ccccc2)c1.C[Si](C)(C)c1sc2cc3c(cc2c1I)[C@]1(OC3)O[C@H](COCc2ccccc2)[C@@H](OCc2ccccc2)[C@H](OCc2ccccc2)[C@H]1OCc1ccccc1. The maximum atomic E-state index is 7.53. The third-order valence-electron chi connectivity index (χ3n) is 22.5. The Hall–Kier alpha value is -7.98. The van der Waals surface area contributed by atoms with Crippen LogP contribution in [0.15, 0.2) is 291 Å². The molecule has 13 aromatic rings. The number of thiophene rings is 2. The van der Waals surface area contributed by atoms with E-state index < -0.39 is 76.6 Å². The highest BCUT2D eigenvalue weighted by atomic mass is 127. The molecular formula is C101H105IO12S2Si2. The lowest BCUT2D eigenvalue weighted by molar-refractivity contribution is -0.387. The van der Waals surface area contributed by atoms with Crippen LogP contribution in [0.5, 0.6) is 0 Å². The van der Waals surface area contributed by atoms with Crippen molar-refractivity contribution in [1.82, 2.24) is 0 Å². The molecule has 2 spiro atoms. The van der Waals surface area contributed by atoms with Crippen LogP contribution in [0, 0.1) is 3.57 Å². The van der Waals surface area contributed by atoms with Gasteiger partial charge in [0, 0.05) is 34.0 Å². The minimum Gasteiger partial charge on any atom is -0.374 e. The zero-order valence-electron chi connectivity index (χ0n) is 68.3. The van der Waals surface area contributed by atoms with Gasteiger partial charge in [0.15, 0.2) is 0 Å². The van der Waals surface area contributed by atoms with Crippen molar-refractivity contribution in [3.8, 4) is 0 Å². The summed E-state index contributed by atoms with van der Waals surface area (Å²) in [5, 5.41) is 2.49. The van der Waals surface area contributed by atoms with Crippen LogP contribution in [-0.4, -0.2) is 78.2 Å². The molecule has 118 heavy (non-hydrogen) atoms. The molecule has 17 heteroatoms. The second kappa shape index (κ2) is 38.4. The Labute approximate surface area is 718 Å². The molecule has 10 atom stereocenters. The lowest BCUT2D eigenvalue weighted by Crippen LogP contribution is -2.65. The monoisotopic (exact) mass is 1760 g/mol. The molecule has 2 fully saturated rings. The molecule has 4 aliphatic rings. The van der Waals surface area contributed by atoms with Crippen molar-refractivity contribution >= 4 is 90.6 Å². The van der Waals surface area contributed by atoms with Crippen LogP contribution >= 0.6 is 45.3 Å². The third kappa shape index (κ3) is 19.5. The zero-order chi connectivity index (χ0) is 81.1. The number of hydrogen-bond donors (Lipinski definition) is 0. The summed E-state index contributed by atoms with van der Waals surface area (Å²) in [6, 6.07) is 101. The molecule has 17 rings (SSSR count). The van der Waals surface area contributed by atoms with Crippen molar-refractivity contribution in [2.45, 2.75) is 186 Å². The van der Waals surface area contributed by atoms with Gasteiger partial charge in [-0.15, -0.1) is 22.7 Å². The van der Waals surface area contributed by atoms with Gasteiger partial charge in [0.1, 0.15) is 48.8 Å². The number of hydrogen-bond acceptors (Lipinski definition) is 14. The fourth-order valence-electron chi connectivity index (χ4n) is 16.6. The van der Waals surface area contributed by atoms with Gasteiger partial charge in [0.25, 0.3) is 0 Å². The van der Waals surface area contributed by atoms with Crippen LogP contribution in [0.4, 0.5) is 0 Å². The Bertz CT molecular complexity index is 5390. The van der Waals surface area contributed by atoms with Gasteiger partial charge in [-0.1, -0.05) is 313 Å². The normalized spacial score (nSPS) is 21.6. The highest BCUT2D eigenvalue weighted by molar-refractivity contribution is 14.1. The van der Waals surface area contributed by atoms with Crippen LogP contribution in [0.25, 0.3) is 20.2 Å².